The van der Waals surface area contributed by atoms with Crippen LogP contribution in [0.25, 0.3) is 0 Å². The summed E-state index contributed by atoms with van der Waals surface area (Å²) in [7, 11) is 0. The number of alkyl halides is 1. The van der Waals surface area contributed by atoms with E-state index >= 15 is 0 Å². The predicted molar refractivity (Wildman–Crippen MR) is 69.4 cm³/mol. The van der Waals surface area contributed by atoms with E-state index in [0.717, 1.165) is 10.9 Å². The molecule has 0 amide bonds. The maximum absolute atomic E-state index is 13.0. The summed E-state index contributed by atoms with van der Waals surface area (Å²) in [5.74, 6) is 0.513. The minimum Gasteiger partial charge on any atom is -0.207 e. The molecule has 0 nitrogen and oxygen atoms in total. The molecule has 0 aromatic heterocycles. The zero-order chi connectivity index (χ0) is 11.6. The smallest absolute Gasteiger partial charge is 0.124 e. The molecule has 0 bridgehead atoms. The first kappa shape index (κ1) is 12.4. The highest BCUT2D eigenvalue weighted by Gasteiger charge is 2.33. The second kappa shape index (κ2) is 5.05. The van der Waals surface area contributed by atoms with Crippen LogP contribution in [0, 0.1) is 11.2 Å². The van der Waals surface area contributed by atoms with E-state index in [0.29, 0.717) is 5.88 Å². The number of rotatable bonds is 3. The van der Waals surface area contributed by atoms with Gasteiger partial charge in [0.15, 0.2) is 0 Å². The average Bonchev–Trinajstić information content (AvgIpc) is 2.72. The molecule has 0 atom stereocenters. The summed E-state index contributed by atoms with van der Waals surface area (Å²) in [5.41, 5.74) is 1.41. The molecule has 2 rings (SSSR count). The molecule has 0 spiro atoms. The maximum atomic E-state index is 13.0. The summed E-state index contributed by atoms with van der Waals surface area (Å²) >= 11 is 9.53. The second-order valence-corrected chi connectivity index (χ2v) is 5.87. The van der Waals surface area contributed by atoms with Crippen molar-refractivity contribution in [2.75, 3.05) is 5.88 Å². The first-order chi connectivity index (χ1) is 7.65. The molecule has 0 heterocycles. The fourth-order valence-electron chi connectivity index (χ4n) is 2.55. The minimum absolute atomic E-state index is 0.193. The third kappa shape index (κ3) is 2.60. The van der Waals surface area contributed by atoms with Crippen LogP contribution in [0.2, 0.25) is 0 Å². The minimum atomic E-state index is -0.193. The lowest BCUT2D eigenvalue weighted by Crippen LogP contribution is -2.21. The molecule has 0 radical (unpaired) electrons. The van der Waals surface area contributed by atoms with Gasteiger partial charge in [-0.1, -0.05) is 34.8 Å². The number of halogens is 3. The van der Waals surface area contributed by atoms with Gasteiger partial charge in [0, 0.05) is 10.4 Å². The van der Waals surface area contributed by atoms with Crippen molar-refractivity contribution in [2.45, 2.75) is 32.1 Å². The molecule has 1 aromatic rings. The fourth-order valence-corrected chi connectivity index (χ4v) is 3.40. The Labute approximate surface area is 109 Å². The topological polar surface area (TPSA) is 0 Å². The third-order valence-electron chi connectivity index (χ3n) is 3.53. The quantitative estimate of drug-likeness (QED) is 0.695. The molecule has 1 saturated carbocycles. The van der Waals surface area contributed by atoms with Crippen LogP contribution in [0.4, 0.5) is 4.39 Å². The second-order valence-electron chi connectivity index (χ2n) is 4.75. The van der Waals surface area contributed by atoms with Gasteiger partial charge < -0.3 is 0 Å². The van der Waals surface area contributed by atoms with Crippen LogP contribution in [-0.4, -0.2) is 5.88 Å². The van der Waals surface area contributed by atoms with Gasteiger partial charge in [0.25, 0.3) is 0 Å². The number of benzene rings is 1. The Morgan fingerprint density at radius 3 is 2.56 bits per heavy atom. The van der Waals surface area contributed by atoms with Crippen molar-refractivity contribution >= 4 is 27.5 Å². The van der Waals surface area contributed by atoms with Crippen molar-refractivity contribution in [3.05, 3.63) is 34.1 Å². The van der Waals surface area contributed by atoms with Gasteiger partial charge in [-0.2, -0.15) is 0 Å². The molecule has 0 unspecified atom stereocenters. The van der Waals surface area contributed by atoms with Gasteiger partial charge in [-0.25, -0.2) is 4.39 Å². The Hall–Kier alpha value is -0.0800. The molecule has 1 aromatic carbocycles. The van der Waals surface area contributed by atoms with Gasteiger partial charge in [-0.15, -0.1) is 11.6 Å². The molecule has 0 saturated heterocycles. The molecular formula is C13H15BrClF. The van der Waals surface area contributed by atoms with Crippen LogP contribution in [0.15, 0.2) is 22.7 Å². The van der Waals surface area contributed by atoms with Crippen LogP contribution in [0.5, 0.6) is 0 Å². The normalized spacial score (nSPS) is 18.9. The molecule has 0 N–H and O–H groups in total. The van der Waals surface area contributed by atoms with Crippen LogP contribution in [-0.2, 0) is 6.42 Å². The largest absolute Gasteiger partial charge is 0.207 e. The summed E-state index contributed by atoms with van der Waals surface area (Å²) in [5, 5.41) is 0. The van der Waals surface area contributed by atoms with Gasteiger partial charge in [-0.05, 0) is 42.4 Å². The van der Waals surface area contributed by atoms with Crippen molar-refractivity contribution in [1.82, 2.24) is 0 Å². The van der Waals surface area contributed by atoms with Crippen molar-refractivity contribution < 1.29 is 4.39 Å². The lowest BCUT2D eigenvalue weighted by Gasteiger charge is -2.26. The van der Waals surface area contributed by atoms with Gasteiger partial charge in [0.05, 0.1) is 0 Å². The van der Waals surface area contributed by atoms with Crippen LogP contribution < -0.4 is 0 Å². The lowest BCUT2D eigenvalue weighted by molar-refractivity contribution is 0.340. The highest BCUT2D eigenvalue weighted by Crippen LogP contribution is 2.42. The Bertz CT molecular complexity index is 372. The maximum Gasteiger partial charge on any atom is 0.124 e. The summed E-state index contributed by atoms with van der Waals surface area (Å²) in [6.07, 6.45) is 5.88. The zero-order valence-electron chi connectivity index (χ0n) is 9.11. The highest BCUT2D eigenvalue weighted by molar-refractivity contribution is 9.10. The molecule has 1 fully saturated rings. The summed E-state index contributed by atoms with van der Waals surface area (Å²) in [6.45, 7) is 0. The average molecular weight is 306 g/mol. The van der Waals surface area contributed by atoms with E-state index < -0.39 is 0 Å². The van der Waals surface area contributed by atoms with E-state index in [1.54, 1.807) is 0 Å². The van der Waals surface area contributed by atoms with E-state index in [1.165, 1.54) is 43.4 Å². The number of hydrogen-bond acceptors (Lipinski definition) is 0. The molecule has 0 aliphatic heterocycles. The van der Waals surface area contributed by atoms with E-state index in [1.807, 2.05) is 6.07 Å². The van der Waals surface area contributed by atoms with Crippen molar-refractivity contribution in [3.63, 3.8) is 0 Å². The Kier molecular flexibility index (Phi) is 3.91. The van der Waals surface area contributed by atoms with Crippen molar-refractivity contribution in [3.8, 4) is 0 Å². The Morgan fingerprint density at radius 1 is 1.31 bits per heavy atom. The molecule has 1 aliphatic carbocycles. The van der Waals surface area contributed by atoms with Crippen molar-refractivity contribution in [2.24, 2.45) is 5.41 Å². The van der Waals surface area contributed by atoms with Crippen molar-refractivity contribution in [1.29, 1.82) is 0 Å². The molecular weight excluding hydrogens is 290 g/mol. The monoisotopic (exact) mass is 304 g/mol. The summed E-state index contributed by atoms with van der Waals surface area (Å²) in [4.78, 5) is 0. The van der Waals surface area contributed by atoms with Crippen LogP contribution in [0.3, 0.4) is 0 Å². The Balaban J connectivity index is 2.19. The van der Waals surface area contributed by atoms with Gasteiger partial charge in [0.2, 0.25) is 0 Å². The number of hydrogen-bond donors (Lipinski definition) is 0. The first-order valence-electron chi connectivity index (χ1n) is 5.65. The Morgan fingerprint density at radius 2 is 2.00 bits per heavy atom. The summed E-state index contributed by atoms with van der Waals surface area (Å²) < 4.78 is 13.8. The van der Waals surface area contributed by atoms with Gasteiger partial charge in [0.1, 0.15) is 5.82 Å². The van der Waals surface area contributed by atoms with Crippen LogP contribution >= 0.6 is 27.5 Å². The first-order valence-corrected chi connectivity index (χ1v) is 6.98. The SMILES string of the molecule is Fc1ccc(CC2(CCl)CCCC2)c(Br)c1. The lowest BCUT2D eigenvalue weighted by atomic mass is 9.82. The highest BCUT2D eigenvalue weighted by atomic mass is 79.9. The molecule has 16 heavy (non-hydrogen) atoms. The fraction of sp³-hybridized carbons (Fsp3) is 0.538. The van der Waals surface area contributed by atoms with Crippen LogP contribution in [0.1, 0.15) is 31.2 Å². The third-order valence-corrected chi connectivity index (χ3v) is 4.83. The zero-order valence-corrected chi connectivity index (χ0v) is 11.5. The van der Waals surface area contributed by atoms with Gasteiger partial charge in [-0.3, -0.25) is 0 Å². The van der Waals surface area contributed by atoms with E-state index in [2.05, 4.69) is 15.9 Å². The predicted octanol–water partition coefficient (Wildman–Crippen LogP) is 4.93. The molecule has 88 valence electrons. The van der Waals surface area contributed by atoms with E-state index in [-0.39, 0.29) is 11.2 Å². The molecule has 3 heteroatoms. The molecule has 1 aliphatic rings. The standard InChI is InChI=1S/C13H15BrClF/c14-12-7-11(16)4-3-10(12)8-13(9-15)5-1-2-6-13/h3-4,7H,1-2,5-6,8-9H2. The van der Waals surface area contributed by atoms with E-state index in [4.69, 9.17) is 11.6 Å². The van der Waals surface area contributed by atoms with E-state index in [9.17, 15) is 4.39 Å². The van der Waals surface area contributed by atoms with Gasteiger partial charge >= 0.3 is 0 Å². The summed E-state index contributed by atoms with van der Waals surface area (Å²) in [6, 6.07) is 4.93.